The number of nitrogens with two attached hydrogens (primary N) is 1. The maximum Gasteiger partial charge on any atom is 0.241 e. The third-order valence-electron chi connectivity index (χ3n) is 2.41. The molecule has 0 aliphatic rings. The van der Waals surface area contributed by atoms with Crippen molar-refractivity contribution in [2.45, 2.75) is 38.1 Å². The van der Waals surface area contributed by atoms with Gasteiger partial charge in [-0.3, -0.25) is 0 Å². The van der Waals surface area contributed by atoms with Crippen LogP contribution in [0.3, 0.4) is 0 Å². The monoisotopic (exact) mass is 310 g/mol. The average Bonchev–Trinajstić information content (AvgIpc) is 2.11. The first kappa shape index (κ1) is 18.3. The maximum absolute atomic E-state index is 13.1. The summed E-state index contributed by atoms with van der Waals surface area (Å²) in [6.45, 7) is 6.70. The lowest BCUT2D eigenvalue weighted by atomic mass is 10.1. The van der Waals surface area contributed by atoms with Gasteiger partial charge in [0.2, 0.25) is 10.0 Å². The fraction of sp³-hybridized carbons (Fsp3) is 0.500. The molecule has 0 aliphatic carbocycles. The van der Waals surface area contributed by atoms with E-state index in [2.05, 4.69) is 4.72 Å². The van der Waals surface area contributed by atoms with Crippen LogP contribution in [0.4, 0.5) is 4.39 Å². The Labute approximate surface area is 120 Å². The highest BCUT2D eigenvalue weighted by molar-refractivity contribution is 7.89. The summed E-state index contributed by atoms with van der Waals surface area (Å²) < 4.78 is 39.9. The minimum Gasteiger partial charge on any atom is -0.324 e. The molecule has 0 heterocycles. The first-order valence-corrected chi connectivity index (χ1v) is 7.06. The zero-order valence-corrected chi connectivity index (χ0v) is 13.1. The van der Waals surface area contributed by atoms with Gasteiger partial charge in [-0.25, -0.2) is 17.5 Å². The van der Waals surface area contributed by atoms with Crippen LogP contribution >= 0.6 is 12.4 Å². The minimum absolute atomic E-state index is 0. The molecule has 0 aliphatic heterocycles. The Kier molecular flexibility index (Phi) is 5.95. The van der Waals surface area contributed by atoms with Gasteiger partial charge in [-0.15, -0.1) is 12.4 Å². The fourth-order valence-electron chi connectivity index (χ4n) is 1.67. The molecule has 0 bridgehead atoms. The number of aryl methyl sites for hydroxylation is 2. The molecule has 0 fully saturated rings. The summed E-state index contributed by atoms with van der Waals surface area (Å²) in [5.41, 5.74) is 5.86. The van der Waals surface area contributed by atoms with E-state index in [1.54, 1.807) is 27.7 Å². The summed E-state index contributed by atoms with van der Waals surface area (Å²) in [4.78, 5) is 0.119. The van der Waals surface area contributed by atoms with Gasteiger partial charge in [0.25, 0.3) is 0 Å². The molecule has 0 spiro atoms. The summed E-state index contributed by atoms with van der Waals surface area (Å²) in [5, 5.41) is 0. The number of sulfonamides is 1. The Morgan fingerprint density at radius 1 is 1.26 bits per heavy atom. The van der Waals surface area contributed by atoms with E-state index in [0.717, 1.165) is 0 Å². The molecule has 0 aromatic heterocycles. The van der Waals surface area contributed by atoms with Gasteiger partial charge in [0, 0.05) is 12.1 Å². The van der Waals surface area contributed by atoms with Gasteiger partial charge in [0.1, 0.15) is 5.82 Å². The number of hydrogen-bond acceptors (Lipinski definition) is 3. The van der Waals surface area contributed by atoms with Crippen LogP contribution in [0, 0.1) is 19.7 Å². The second-order valence-electron chi connectivity index (χ2n) is 5.18. The topological polar surface area (TPSA) is 72.2 Å². The van der Waals surface area contributed by atoms with Gasteiger partial charge in [0.15, 0.2) is 0 Å². The quantitative estimate of drug-likeness (QED) is 0.892. The van der Waals surface area contributed by atoms with Crippen LogP contribution in [0.2, 0.25) is 0 Å². The van der Waals surface area contributed by atoms with Crippen molar-refractivity contribution in [3.8, 4) is 0 Å². The van der Waals surface area contributed by atoms with Crippen molar-refractivity contribution in [2.75, 3.05) is 6.54 Å². The largest absolute Gasteiger partial charge is 0.324 e. The Hall–Kier alpha value is -0.690. The first-order chi connectivity index (χ1) is 8.03. The molecule has 1 aromatic carbocycles. The molecule has 0 atom stereocenters. The second kappa shape index (κ2) is 6.17. The normalized spacial score (nSPS) is 12.1. The molecule has 110 valence electrons. The Balaban J connectivity index is 0.00000324. The summed E-state index contributed by atoms with van der Waals surface area (Å²) >= 11 is 0. The van der Waals surface area contributed by atoms with Crippen LogP contribution in [-0.4, -0.2) is 20.5 Å². The average molecular weight is 311 g/mol. The van der Waals surface area contributed by atoms with E-state index < -0.39 is 21.4 Å². The van der Waals surface area contributed by atoms with Crippen molar-refractivity contribution in [2.24, 2.45) is 5.73 Å². The molecule has 0 amide bonds. The van der Waals surface area contributed by atoms with Crippen LogP contribution in [0.25, 0.3) is 0 Å². The van der Waals surface area contributed by atoms with E-state index in [-0.39, 0.29) is 23.8 Å². The zero-order valence-electron chi connectivity index (χ0n) is 11.5. The van der Waals surface area contributed by atoms with Crippen molar-refractivity contribution in [3.05, 3.63) is 29.1 Å². The smallest absolute Gasteiger partial charge is 0.241 e. The SMILES string of the molecule is Cc1cc(F)cc(C)c1S(=O)(=O)NCC(C)(C)N.Cl. The third-order valence-corrected chi connectivity index (χ3v) is 4.12. The van der Waals surface area contributed by atoms with E-state index >= 15 is 0 Å². The zero-order chi connectivity index (χ0) is 14.1. The lowest BCUT2D eigenvalue weighted by molar-refractivity contribution is 0.497. The molecular weight excluding hydrogens is 291 g/mol. The van der Waals surface area contributed by atoms with Crippen molar-refractivity contribution < 1.29 is 12.8 Å². The Bertz CT molecular complexity index is 530. The molecule has 0 unspecified atom stereocenters. The lowest BCUT2D eigenvalue weighted by Crippen LogP contribution is -2.45. The molecule has 1 aromatic rings. The molecule has 1 rings (SSSR count). The first-order valence-electron chi connectivity index (χ1n) is 5.58. The van der Waals surface area contributed by atoms with Crippen molar-refractivity contribution >= 4 is 22.4 Å². The van der Waals surface area contributed by atoms with E-state index in [9.17, 15) is 12.8 Å². The number of hydrogen-bond donors (Lipinski definition) is 2. The number of halogens is 2. The molecule has 3 N–H and O–H groups in total. The number of rotatable bonds is 4. The summed E-state index contributed by atoms with van der Waals surface area (Å²) in [5.74, 6) is -0.442. The third kappa shape index (κ3) is 5.06. The van der Waals surface area contributed by atoms with Gasteiger partial charge in [-0.1, -0.05) is 0 Å². The van der Waals surface area contributed by atoms with E-state index in [0.29, 0.717) is 11.1 Å². The van der Waals surface area contributed by atoms with Crippen molar-refractivity contribution in [1.82, 2.24) is 4.72 Å². The van der Waals surface area contributed by atoms with Crippen LogP contribution in [0.15, 0.2) is 17.0 Å². The highest BCUT2D eigenvalue weighted by atomic mass is 35.5. The van der Waals surface area contributed by atoms with Gasteiger partial charge in [-0.05, 0) is 51.0 Å². The highest BCUT2D eigenvalue weighted by Crippen LogP contribution is 2.21. The van der Waals surface area contributed by atoms with E-state index in [4.69, 9.17) is 5.73 Å². The highest BCUT2D eigenvalue weighted by Gasteiger charge is 2.22. The lowest BCUT2D eigenvalue weighted by Gasteiger charge is -2.20. The van der Waals surface area contributed by atoms with Gasteiger partial charge >= 0.3 is 0 Å². The molecule has 19 heavy (non-hydrogen) atoms. The van der Waals surface area contributed by atoms with Crippen LogP contribution in [-0.2, 0) is 10.0 Å². The summed E-state index contributed by atoms with van der Waals surface area (Å²) in [7, 11) is -3.67. The second-order valence-corrected chi connectivity index (χ2v) is 6.89. The van der Waals surface area contributed by atoms with E-state index in [1.807, 2.05) is 0 Å². The van der Waals surface area contributed by atoms with E-state index in [1.165, 1.54) is 12.1 Å². The van der Waals surface area contributed by atoms with Gasteiger partial charge < -0.3 is 5.73 Å². The predicted molar refractivity (Wildman–Crippen MR) is 76.6 cm³/mol. The standard InChI is InChI=1S/C12H19FN2O2S.ClH/c1-8-5-10(13)6-9(2)11(8)18(16,17)15-7-12(3,4)14;/h5-6,15H,7,14H2,1-4H3;1H. The summed E-state index contributed by atoms with van der Waals surface area (Å²) in [6, 6.07) is 2.41. The van der Waals surface area contributed by atoms with Gasteiger partial charge in [0.05, 0.1) is 4.90 Å². The summed E-state index contributed by atoms with van der Waals surface area (Å²) in [6.07, 6.45) is 0. The van der Waals surface area contributed by atoms with Crippen LogP contribution < -0.4 is 10.5 Å². The number of nitrogens with one attached hydrogen (secondary N) is 1. The Morgan fingerprint density at radius 2 is 1.68 bits per heavy atom. The Morgan fingerprint density at radius 3 is 2.05 bits per heavy atom. The van der Waals surface area contributed by atoms with Crippen molar-refractivity contribution in [3.63, 3.8) is 0 Å². The fourth-order valence-corrected chi connectivity index (χ4v) is 3.35. The minimum atomic E-state index is -3.67. The van der Waals surface area contributed by atoms with Crippen molar-refractivity contribution in [1.29, 1.82) is 0 Å². The molecule has 7 heteroatoms. The molecular formula is C12H20ClFN2O2S. The predicted octanol–water partition coefficient (Wildman–Crippen LogP) is 1.88. The van der Waals surface area contributed by atoms with Gasteiger partial charge in [-0.2, -0.15) is 0 Å². The van der Waals surface area contributed by atoms with Crippen LogP contribution in [0.5, 0.6) is 0 Å². The number of benzene rings is 1. The molecule has 0 saturated carbocycles. The molecule has 0 saturated heterocycles. The molecule has 0 radical (unpaired) electrons. The molecule has 4 nitrogen and oxygen atoms in total. The maximum atomic E-state index is 13.1. The van der Waals surface area contributed by atoms with Crippen LogP contribution in [0.1, 0.15) is 25.0 Å².